The molecule has 0 spiro atoms. The molecule has 1 saturated heterocycles. The highest BCUT2D eigenvalue weighted by atomic mass is 16.5. The van der Waals surface area contributed by atoms with Crippen LogP contribution in [0.4, 0.5) is 5.69 Å². The number of carbonyl (C=O) groups excluding carboxylic acids is 1. The van der Waals surface area contributed by atoms with Gasteiger partial charge in [0.05, 0.1) is 12.7 Å². The SMILES string of the molecule is CNC(c1ccc2c(c1)CCC(=O)N2)C1COC(C)C1. The van der Waals surface area contributed by atoms with Crippen LogP contribution in [0, 0.1) is 5.92 Å². The molecule has 4 heteroatoms. The monoisotopic (exact) mass is 274 g/mol. The number of hydrogen-bond donors (Lipinski definition) is 2. The zero-order valence-electron chi connectivity index (χ0n) is 12.1. The summed E-state index contributed by atoms with van der Waals surface area (Å²) in [6.45, 7) is 2.95. The molecular weight excluding hydrogens is 252 g/mol. The number of anilines is 1. The highest BCUT2D eigenvalue weighted by Crippen LogP contribution is 2.34. The summed E-state index contributed by atoms with van der Waals surface area (Å²) in [4.78, 5) is 11.4. The largest absolute Gasteiger partial charge is 0.378 e. The van der Waals surface area contributed by atoms with Gasteiger partial charge in [0.2, 0.25) is 5.91 Å². The first-order valence-corrected chi connectivity index (χ1v) is 7.39. The molecule has 2 aliphatic heterocycles. The molecule has 0 bridgehead atoms. The molecule has 3 atom stereocenters. The van der Waals surface area contributed by atoms with Crippen molar-refractivity contribution < 1.29 is 9.53 Å². The predicted octanol–water partition coefficient (Wildman–Crippen LogP) is 2.26. The number of nitrogens with one attached hydrogen (secondary N) is 2. The molecular formula is C16H22N2O2. The zero-order valence-corrected chi connectivity index (χ0v) is 12.1. The van der Waals surface area contributed by atoms with Crippen molar-refractivity contribution in [3.05, 3.63) is 29.3 Å². The highest BCUT2D eigenvalue weighted by molar-refractivity contribution is 5.93. The van der Waals surface area contributed by atoms with E-state index in [9.17, 15) is 4.79 Å². The standard InChI is InChI=1S/C16H22N2O2/c1-10-7-13(9-20-10)16(17-2)12-3-5-14-11(8-12)4-6-15(19)18-14/h3,5,8,10,13,16-17H,4,6-7,9H2,1-2H3,(H,18,19). The van der Waals surface area contributed by atoms with Gasteiger partial charge < -0.3 is 15.4 Å². The van der Waals surface area contributed by atoms with Crippen LogP contribution in [0.15, 0.2) is 18.2 Å². The topological polar surface area (TPSA) is 50.4 Å². The minimum absolute atomic E-state index is 0.119. The van der Waals surface area contributed by atoms with Crippen LogP contribution in [0.25, 0.3) is 0 Å². The van der Waals surface area contributed by atoms with Crippen molar-refractivity contribution in [1.82, 2.24) is 5.32 Å². The van der Waals surface area contributed by atoms with E-state index in [4.69, 9.17) is 4.74 Å². The van der Waals surface area contributed by atoms with Crippen molar-refractivity contribution in [2.45, 2.75) is 38.3 Å². The number of hydrogen-bond acceptors (Lipinski definition) is 3. The third-order valence-corrected chi connectivity index (χ3v) is 4.40. The number of ether oxygens (including phenoxy) is 1. The molecule has 1 aromatic rings. The molecule has 1 fully saturated rings. The molecule has 2 aliphatic rings. The van der Waals surface area contributed by atoms with Gasteiger partial charge in [0, 0.05) is 24.1 Å². The minimum atomic E-state index is 0.119. The van der Waals surface area contributed by atoms with Gasteiger partial charge in [0.1, 0.15) is 0 Å². The predicted molar refractivity (Wildman–Crippen MR) is 78.7 cm³/mol. The van der Waals surface area contributed by atoms with Crippen molar-refractivity contribution in [2.75, 3.05) is 19.0 Å². The van der Waals surface area contributed by atoms with E-state index in [0.717, 1.165) is 25.1 Å². The maximum absolute atomic E-state index is 11.4. The van der Waals surface area contributed by atoms with Crippen LogP contribution in [0.2, 0.25) is 0 Å². The number of carbonyl (C=O) groups is 1. The van der Waals surface area contributed by atoms with Crippen LogP contribution in [0.1, 0.15) is 36.9 Å². The molecule has 3 unspecified atom stereocenters. The second-order valence-electron chi connectivity index (χ2n) is 5.87. The third kappa shape index (κ3) is 2.58. The molecule has 20 heavy (non-hydrogen) atoms. The van der Waals surface area contributed by atoms with Gasteiger partial charge in [0.15, 0.2) is 0 Å². The second-order valence-corrected chi connectivity index (χ2v) is 5.87. The Kier molecular flexibility index (Phi) is 3.76. The van der Waals surface area contributed by atoms with Gasteiger partial charge in [-0.25, -0.2) is 0 Å². The van der Waals surface area contributed by atoms with Crippen molar-refractivity contribution in [1.29, 1.82) is 0 Å². The summed E-state index contributed by atoms with van der Waals surface area (Å²) in [6, 6.07) is 6.71. The highest BCUT2D eigenvalue weighted by Gasteiger charge is 2.30. The first-order valence-electron chi connectivity index (χ1n) is 7.39. The Bertz CT molecular complexity index is 515. The van der Waals surface area contributed by atoms with Crippen LogP contribution in [0.5, 0.6) is 0 Å². The first-order chi connectivity index (χ1) is 9.67. The fourth-order valence-electron chi connectivity index (χ4n) is 3.35. The number of aryl methyl sites for hydroxylation is 1. The second kappa shape index (κ2) is 5.54. The van der Waals surface area contributed by atoms with Gasteiger partial charge in [-0.3, -0.25) is 4.79 Å². The summed E-state index contributed by atoms with van der Waals surface area (Å²) in [5.41, 5.74) is 3.51. The number of amides is 1. The Balaban J connectivity index is 1.83. The molecule has 1 aromatic carbocycles. The van der Waals surface area contributed by atoms with Crippen molar-refractivity contribution >= 4 is 11.6 Å². The van der Waals surface area contributed by atoms with E-state index < -0.39 is 0 Å². The number of rotatable bonds is 3. The van der Waals surface area contributed by atoms with Crippen LogP contribution < -0.4 is 10.6 Å². The maximum atomic E-state index is 11.4. The lowest BCUT2D eigenvalue weighted by Crippen LogP contribution is -2.26. The summed E-state index contributed by atoms with van der Waals surface area (Å²) < 4.78 is 5.70. The van der Waals surface area contributed by atoms with Crippen LogP contribution in [-0.2, 0) is 16.0 Å². The Morgan fingerprint density at radius 1 is 1.40 bits per heavy atom. The Morgan fingerprint density at radius 3 is 2.95 bits per heavy atom. The molecule has 2 heterocycles. The lowest BCUT2D eigenvalue weighted by atomic mass is 9.89. The smallest absolute Gasteiger partial charge is 0.224 e. The van der Waals surface area contributed by atoms with Crippen LogP contribution in [-0.4, -0.2) is 25.7 Å². The molecule has 108 valence electrons. The third-order valence-electron chi connectivity index (χ3n) is 4.40. The lowest BCUT2D eigenvalue weighted by Gasteiger charge is -2.25. The van der Waals surface area contributed by atoms with Gasteiger partial charge in [-0.15, -0.1) is 0 Å². The van der Waals surface area contributed by atoms with E-state index in [1.54, 1.807) is 0 Å². The van der Waals surface area contributed by atoms with E-state index in [2.05, 4.69) is 29.7 Å². The van der Waals surface area contributed by atoms with Crippen LogP contribution in [0.3, 0.4) is 0 Å². The van der Waals surface area contributed by atoms with Crippen molar-refractivity contribution in [2.24, 2.45) is 5.92 Å². The van der Waals surface area contributed by atoms with Crippen LogP contribution >= 0.6 is 0 Å². The lowest BCUT2D eigenvalue weighted by molar-refractivity contribution is -0.116. The zero-order chi connectivity index (χ0) is 14.1. The summed E-state index contributed by atoms with van der Waals surface area (Å²) in [6.07, 6.45) is 2.87. The summed E-state index contributed by atoms with van der Waals surface area (Å²) in [7, 11) is 2.01. The Labute approximate surface area is 119 Å². The molecule has 2 N–H and O–H groups in total. The quantitative estimate of drug-likeness (QED) is 0.889. The molecule has 0 saturated carbocycles. The minimum Gasteiger partial charge on any atom is -0.378 e. The number of fused-ring (bicyclic) bond motifs is 1. The fourth-order valence-corrected chi connectivity index (χ4v) is 3.35. The molecule has 1 amide bonds. The molecule has 0 aromatic heterocycles. The van der Waals surface area contributed by atoms with Crippen molar-refractivity contribution in [3.8, 4) is 0 Å². The molecule has 4 nitrogen and oxygen atoms in total. The van der Waals surface area contributed by atoms with E-state index in [1.165, 1.54) is 11.1 Å². The van der Waals surface area contributed by atoms with E-state index in [0.29, 0.717) is 24.5 Å². The Hall–Kier alpha value is -1.39. The van der Waals surface area contributed by atoms with E-state index >= 15 is 0 Å². The van der Waals surface area contributed by atoms with Gasteiger partial charge >= 0.3 is 0 Å². The first kappa shape index (κ1) is 13.6. The van der Waals surface area contributed by atoms with Crippen molar-refractivity contribution in [3.63, 3.8) is 0 Å². The normalized spacial score (nSPS) is 27.0. The summed E-state index contributed by atoms with van der Waals surface area (Å²) in [5, 5.41) is 6.37. The maximum Gasteiger partial charge on any atom is 0.224 e. The molecule has 3 rings (SSSR count). The molecule has 0 radical (unpaired) electrons. The fraction of sp³-hybridized carbons (Fsp3) is 0.562. The van der Waals surface area contributed by atoms with E-state index in [-0.39, 0.29) is 5.91 Å². The average molecular weight is 274 g/mol. The average Bonchev–Trinajstić information content (AvgIpc) is 2.86. The van der Waals surface area contributed by atoms with E-state index in [1.807, 2.05) is 13.1 Å². The molecule has 0 aliphatic carbocycles. The van der Waals surface area contributed by atoms with Gasteiger partial charge in [-0.05, 0) is 44.0 Å². The Morgan fingerprint density at radius 2 is 2.25 bits per heavy atom. The van der Waals surface area contributed by atoms with Gasteiger partial charge in [-0.1, -0.05) is 12.1 Å². The number of benzene rings is 1. The summed E-state index contributed by atoms with van der Waals surface area (Å²) >= 11 is 0. The summed E-state index contributed by atoms with van der Waals surface area (Å²) in [5.74, 6) is 0.639. The van der Waals surface area contributed by atoms with Gasteiger partial charge in [0.25, 0.3) is 0 Å². The van der Waals surface area contributed by atoms with Gasteiger partial charge in [-0.2, -0.15) is 0 Å².